The number of hydrogen-bond donors (Lipinski definition) is 0. The number of carbonyl (C=O) groups is 1. The molecule has 4 nitrogen and oxygen atoms in total. The highest BCUT2D eigenvalue weighted by atomic mass is 16.6. The zero-order valence-corrected chi connectivity index (χ0v) is 10.1. The summed E-state index contributed by atoms with van der Waals surface area (Å²) in [5.74, 6) is -0.0596. The third-order valence-corrected chi connectivity index (χ3v) is 2.29. The van der Waals surface area contributed by atoms with Crippen molar-refractivity contribution in [2.24, 2.45) is 5.41 Å². The van der Waals surface area contributed by atoms with Crippen molar-refractivity contribution in [3.63, 3.8) is 0 Å². The van der Waals surface area contributed by atoms with Crippen molar-refractivity contribution in [2.45, 2.75) is 20.8 Å². The summed E-state index contributed by atoms with van der Waals surface area (Å²) in [6, 6.07) is 6.33. The van der Waals surface area contributed by atoms with Crippen molar-refractivity contribution in [1.29, 1.82) is 0 Å². The van der Waals surface area contributed by atoms with E-state index in [1.165, 1.54) is 18.2 Å². The fourth-order valence-electron chi connectivity index (χ4n) is 1.21. The molecule has 0 N–H and O–H groups in total. The molecular weight excluding hydrogens is 218 g/mol. The Morgan fingerprint density at radius 3 is 2.41 bits per heavy atom. The molecule has 4 heteroatoms. The topological polar surface area (TPSA) is 60.2 Å². The Morgan fingerprint density at radius 1 is 1.29 bits per heavy atom. The molecule has 1 rings (SSSR count). The van der Waals surface area contributed by atoms with Crippen molar-refractivity contribution in [1.82, 2.24) is 0 Å². The van der Waals surface area contributed by atoms with Gasteiger partial charge < -0.3 is 0 Å². The summed E-state index contributed by atoms with van der Waals surface area (Å²) in [4.78, 5) is 22.0. The average molecular weight is 233 g/mol. The van der Waals surface area contributed by atoms with Gasteiger partial charge in [0.2, 0.25) is 0 Å². The fraction of sp³-hybridized carbons (Fsp3) is 0.308. The van der Waals surface area contributed by atoms with Crippen LogP contribution in [-0.2, 0) is 4.79 Å². The molecule has 0 atom stereocenters. The van der Waals surface area contributed by atoms with Crippen LogP contribution in [0.3, 0.4) is 0 Å². The van der Waals surface area contributed by atoms with Crippen molar-refractivity contribution in [3.8, 4) is 0 Å². The van der Waals surface area contributed by atoms with Crippen molar-refractivity contribution in [2.75, 3.05) is 0 Å². The van der Waals surface area contributed by atoms with Crippen molar-refractivity contribution in [3.05, 3.63) is 46.0 Å². The number of benzene rings is 1. The van der Waals surface area contributed by atoms with Gasteiger partial charge in [0.25, 0.3) is 5.69 Å². The normalized spacial score (nSPS) is 11.7. The van der Waals surface area contributed by atoms with Crippen molar-refractivity contribution < 1.29 is 9.72 Å². The van der Waals surface area contributed by atoms with E-state index in [1.807, 2.05) is 0 Å². The second-order valence-electron chi connectivity index (χ2n) is 4.76. The molecule has 90 valence electrons. The minimum atomic E-state index is -0.472. The molecule has 0 unspecified atom stereocenters. The molecule has 0 bridgehead atoms. The molecule has 0 fully saturated rings. The molecule has 0 aliphatic heterocycles. The number of para-hydroxylation sites is 1. The Morgan fingerprint density at radius 2 is 1.88 bits per heavy atom. The van der Waals surface area contributed by atoms with E-state index in [4.69, 9.17) is 0 Å². The monoisotopic (exact) mass is 233 g/mol. The first kappa shape index (κ1) is 13.1. The van der Waals surface area contributed by atoms with Crippen LogP contribution in [0.15, 0.2) is 30.3 Å². The number of nitro groups is 1. The Labute approximate surface area is 100 Å². The van der Waals surface area contributed by atoms with Gasteiger partial charge in [-0.15, -0.1) is 0 Å². The van der Waals surface area contributed by atoms with Crippen LogP contribution in [-0.4, -0.2) is 10.7 Å². The Balaban J connectivity index is 3.00. The van der Waals surface area contributed by atoms with Gasteiger partial charge in [0.1, 0.15) is 0 Å². The molecule has 1 aromatic rings. The van der Waals surface area contributed by atoms with E-state index in [9.17, 15) is 14.9 Å². The molecule has 0 aliphatic rings. The molecule has 0 spiro atoms. The van der Waals surface area contributed by atoms with Gasteiger partial charge in [0.05, 0.1) is 10.5 Å². The summed E-state index contributed by atoms with van der Waals surface area (Å²) in [7, 11) is 0. The number of hydrogen-bond acceptors (Lipinski definition) is 3. The zero-order valence-electron chi connectivity index (χ0n) is 10.1. The first-order chi connectivity index (χ1) is 7.82. The molecule has 0 heterocycles. The third kappa shape index (κ3) is 3.52. The molecule has 17 heavy (non-hydrogen) atoms. The number of allylic oxidation sites excluding steroid dienone is 1. The summed E-state index contributed by atoms with van der Waals surface area (Å²) in [5.41, 5.74) is -0.0272. The number of rotatable bonds is 3. The lowest BCUT2D eigenvalue weighted by atomic mass is 9.90. The maximum Gasteiger partial charge on any atom is 0.276 e. The second-order valence-corrected chi connectivity index (χ2v) is 4.76. The van der Waals surface area contributed by atoms with Crippen molar-refractivity contribution >= 4 is 17.5 Å². The highest BCUT2D eigenvalue weighted by Gasteiger charge is 2.18. The lowest BCUT2D eigenvalue weighted by Crippen LogP contribution is -2.17. The molecule has 0 aliphatic carbocycles. The lowest BCUT2D eigenvalue weighted by molar-refractivity contribution is -0.385. The third-order valence-electron chi connectivity index (χ3n) is 2.29. The van der Waals surface area contributed by atoms with Crippen LogP contribution in [0.1, 0.15) is 26.3 Å². The summed E-state index contributed by atoms with van der Waals surface area (Å²) < 4.78 is 0. The minimum Gasteiger partial charge on any atom is -0.294 e. The smallest absolute Gasteiger partial charge is 0.276 e. The second kappa shape index (κ2) is 4.91. The van der Waals surface area contributed by atoms with Crippen LogP contribution in [0.5, 0.6) is 0 Å². The Bertz CT molecular complexity index is 470. The number of nitro benzene ring substituents is 1. The highest BCUT2D eigenvalue weighted by Crippen LogP contribution is 2.21. The van der Waals surface area contributed by atoms with Gasteiger partial charge in [-0.1, -0.05) is 32.9 Å². The SMILES string of the molecule is CC(C)(C)C(=O)C=Cc1ccccc1[N+](=O)[O-]. The Kier molecular flexibility index (Phi) is 3.78. The first-order valence-corrected chi connectivity index (χ1v) is 5.28. The van der Waals surface area contributed by atoms with Crippen LogP contribution in [0.2, 0.25) is 0 Å². The van der Waals surface area contributed by atoms with Crippen LogP contribution in [0, 0.1) is 15.5 Å². The van der Waals surface area contributed by atoms with E-state index in [2.05, 4.69) is 0 Å². The fourth-order valence-corrected chi connectivity index (χ4v) is 1.21. The predicted octanol–water partition coefficient (Wildman–Crippen LogP) is 3.22. The molecule has 0 radical (unpaired) electrons. The molecule has 0 aromatic heterocycles. The predicted molar refractivity (Wildman–Crippen MR) is 66.6 cm³/mol. The summed E-state index contributed by atoms with van der Waals surface area (Å²) in [6.45, 7) is 5.41. The maximum absolute atomic E-state index is 11.7. The standard InChI is InChI=1S/C13H15NO3/c1-13(2,3)12(15)9-8-10-6-4-5-7-11(10)14(16)17/h4-9H,1-3H3. The van der Waals surface area contributed by atoms with Gasteiger partial charge in [0, 0.05) is 11.5 Å². The van der Waals surface area contributed by atoms with Crippen LogP contribution in [0.25, 0.3) is 6.08 Å². The van der Waals surface area contributed by atoms with Gasteiger partial charge in [-0.3, -0.25) is 14.9 Å². The summed E-state index contributed by atoms with van der Waals surface area (Å²) >= 11 is 0. The highest BCUT2D eigenvalue weighted by molar-refractivity contribution is 5.97. The average Bonchev–Trinajstić information content (AvgIpc) is 2.24. The quantitative estimate of drug-likeness (QED) is 0.457. The molecular formula is C13H15NO3. The molecule has 0 saturated heterocycles. The van der Waals surface area contributed by atoms with Gasteiger partial charge in [-0.05, 0) is 18.2 Å². The lowest BCUT2D eigenvalue weighted by Gasteiger charge is -2.12. The maximum atomic E-state index is 11.7. The van der Waals surface area contributed by atoms with E-state index < -0.39 is 10.3 Å². The zero-order chi connectivity index (χ0) is 13.1. The number of nitrogens with zero attached hydrogens (tertiary/aromatic N) is 1. The van der Waals surface area contributed by atoms with Gasteiger partial charge in [-0.25, -0.2) is 0 Å². The van der Waals surface area contributed by atoms with Crippen LogP contribution >= 0.6 is 0 Å². The molecule has 1 aromatic carbocycles. The van der Waals surface area contributed by atoms with E-state index in [1.54, 1.807) is 39.0 Å². The van der Waals surface area contributed by atoms with Gasteiger partial charge in [-0.2, -0.15) is 0 Å². The Hall–Kier alpha value is -1.97. The first-order valence-electron chi connectivity index (χ1n) is 5.28. The molecule has 0 amide bonds. The van der Waals surface area contributed by atoms with E-state index >= 15 is 0 Å². The van der Waals surface area contributed by atoms with Crippen LogP contribution < -0.4 is 0 Å². The van der Waals surface area contributed by atoms with Gasteiger partial charge >= 0.3 is 0 Å². The molecule has 0 saturated carbocycles. The summed E-state index contributed by atoms with van der Waals surface area (Å²) in [5, 5.41) is 10.8. The van der Waals surface area contributed by atoms with Gasteiger partial charge in [0.15, 0.2) is 5.78 Å². The largest absolute Gasteiger partial charge is 0.294 e. The summed E-state index contributed by atoms with van der Waals surface area (Å²) in [6.07, 6.45) is 2.88. The van der Waals surface area contributed by atoms with Crippen LogP contribution in [0.4, 0.5) is 5.69 Å². The van der Waals surface area contributed by atoms with E-state index in [0.29, 0.717) is 5.56 Å². The van der Waals surface area contributed by atoms with E-state index in [0.717, 1.165) is 0 Å². The number of carbonyl (C=O) groups excluding carboxylic acids is 1. The minimum absolute atomic E-state index is 0.00505. The number of ketones is 1. The van der Waals surface area contributed by atoms with E-state index in [-0.39, 0.29) is 11.5 Å².